The molecule has 0 aromatic heterocycles. The van der Waals surface area contributed by atoms with Crippen molar-refractivity contribution in [2.75, 3.05) is 23.8 Å². The van der Waals surface area contributed by atoms with Crippen LogP contribution in [0, 0.1) is 0 Å². The van der Waals surface area contributed by atoms with Gasteiger partial charge in [0, 0.05) is 11.8 Å². The van der Waals surface area contributed by atoms with Crippen LogP contribution in [0.3, 0.4) is 0 Å². The molecule has 0 spiro atoms. The van der Waals surface area contributed by atoms with Crippen LogP contribution in [-0.2, 0) is 4.79 Å². The first kappa shape index (κ1) is 19.4. The summed E-state index contributed by atoms with van der Waals surface area (Å²) in [5.74, 6) is 0.417. The van der Waals surface area contributed by atoms with E-state index in [9.17, 15) is 4.79 Å². The molecule has 0 unspecified atom stereocenters. The van der Waals surface area contributed by atoms with Crippen molar-refractivity contribution in [1.29, 1.82) is 0 Å². The van der Waals surface area contributed by atoms with Gasteiger partial charge >= 0.3 is 0 Å². The molecular weight excluding hydrogens is 383 g/mol. The van der Waals surface area contributed by atoms with Crippen molar-refractivity contribution in [3.05, 3.63) is 63.6 Å². The average Bonchev–Trinajstić information content (AvgIpc) is 2.55. The lowest BCUT2D eigenvalue weighted by Crippen LogP contribution is -2.21. The summed E-state index contributed by atoms with van der Waals surface area (Å²) < 4.78 is 5.55. The lowest BCUT2D eigenvalue weighted by atomic mass is 10.3. The van der Waals surface area contributed by atoms with Gasteiger partial charge in [0.25, 0.3) is 0 Å². The van der Waals surface area contributed by atoms with E-state index in [2.05, 4.69) is 17.2 Å². The van der Waals surface area contributed by atoms with Gasteiger partial charge in [-0.15, -0.1) is 0 Å². The molecule has 1 amide bonds. The quantitative estimate of drug-likeness (QED) is 0.467. The number of hydrogen-bond donors (Lipinski definition) is 2. The molecule has 0 aliphatic heterocycles. The first-order chi connectivity index (χ1) is 11.8. The molecule has 2 rings (SSSR count). The molecule has 25 heavy (non-hydrogen) atoms. The van der Waals surface area contributed by atoms with E-state index < -0.39 is 0 Å². The van der Waals surface area contributed by atoms with Crippen molar-refractivity contribution in [2.45, 2.75) is 6.92 Å². The van der Waals surface area contributed by atoms with Crippen LogP contribution in [-0.4, -0.2) is 19.1 Å². The monoisotopic (exact) mass is 398 g/mol. The number of ether oxygens (including phenoxy) is 1. The van der Waals surface area contributed by atoms with Gasteiger partial charge in [0.2, 0.25) is 5.91 Å². The van der Waals surface area contributed by atoms with E-state index in [1.807, 2.05) is 13.0 Å². The lowest BCUT2D eigenvalue weighted by molar-refractivity contribution is -0.114. The highest BCUT2D eigenvalue weighted by atomic mass is 35.5. The Bertz CT molecular complexity index is 794. The van der Waals surface area contributed by atoms with Crippen LogP contribution in [0.25, 0.3) is 0 Å². The molecule has 4 nitrogen and oxygen atoms in total. The molecule has 0 heterocycles. The molecule has 2 aromatic carbocycles. The van der Waals surface area contributed by atoms with Crippen LogP contribution in [0.15, 0.2) is 48.6 Å². The Balaban J connectivity index is 1.93. The van der Waals surface area contributed by atoms with E-state index >= 15 is 0 Å². The molecule has 7 heteroatoms. The molecule has 0 radical (unpaired) electrons. The maximum absolute atomic E-state index is 12.1. The minimum absolute atomic E-state index is 0.0224. The van der Waals surface area contributed by atoms with Crippen LogP contribution in [0.2, 0.25) is 15.1 Å². The van der Waals surface area contributed by atoms with E-state index in [4.69, 9.17) is 39.5 Å². The van der Waals surface area contributed by atoms with Gasteiger partial charge in [0.1, 0.15) is 12.4 Å². The maximum Gasteiger partial charge on any atom is 0.243 e. The van der Waals surface area contributed by atoms with Crippen molar-refractivity contribution in [3.8, 4) is 5.75 Å². The normalized spacial score (nSPS) is 10.2. The minimum Gasteiger partial charge on any atom is -0.489 e. The van der Waals surface area contributed by atoms with Gasteiger partial charge in [-0.05, 0) is 36.8 Å². The third kappa shape index (κ3) is 6.16. The zero-order chi connectivity index (χ0) is 18.4. The standard InChI is InChI=1S/C18H17Cl3N2O2/c1-11(2)10-25-13-5-3-4-12(6-13)23-18(24)9-22-17-8-15(20)14(19)7-16(17)21/h3-8,22H,1,9-10H2,2H3,(H,23,24). The fraction of sp³-hybridized carbons (Fsp3) is 0.167. The summed E-state index contributed by atoms with van der Waals surface area (Å²) in [4.78, 5) is 12.1. The van der Waals surface area contributed by atoms with Crippen LogP contribution in [0.5, 0.6) is 5.75 Å². The largest absolute Gasteiger partial charge is 0.489 e. The second-order valence-electron chi connectivity index (χ2n) is 5.42. The summed E-state index contributed by atoms with van der Waals surface area (Å²) in [6.07, 6.45) is 0. The second-order valence-corrected chi connectivity index (χ2v) is 6.64. The number of benzene rings is 2. The predicted octanol–water partition coefficient (Wildman–Crippen LogP) is 5.65. The molecule has 2 N–H and O–H groups in total. The van der Waals surface area contributed by atoms with Crippen molar-refractivity contribution in [3.63, 3.8) is 0 Å². The molecule has 0 aliphatic carbocycles. The summed E-state index contributed by atoms with van der Waals surface area (Å²) in [5, 5.41) is 6.80. The number of amides is 1. The number of carbonyl (C=O) groups excluding carboxylic acids is 1. The first-order valence-electron chi connectivity index (χ1n) is 7.40. The SMILES string of the molecule is C=C(C)COc1cccc(NC(=O)CNc2cc(Cl)c(Cl)cc2Cl)c1. The van der Waals surface area contributed by atoms with Crippen molar-refractivity contribution in [1.82, 2.24) is 0 Å². The van der Waals surface area contributed by atoms with Gasteiger partial charge in [-0.1, -0.05) is 47.4 Å². The third-order valence-electron chi connectivity index (χ3n) is 3.05. The van der Waals surface area contributed by atoms with Crippen LogP contribution < -0.4 is 15.4 Å². The number of hydrogen-bond acceptors (Lipinski definition) is 3. The summed E-state index contributed by atoms with van der Waals surface area (Å²) >= 11 is 17.9. The molecule has 0 fully saturated rings. The summed E-state index contributed by atoms with van der Waals surface area (Å²) in [6.45, 7) is 6.11. The fourth-order valence-electron chi connectivity index (χ4n) is 1.91. The van der Waals surface area contributed by atoms with Crippen LogP contribution in [0.1, 0.15) is 6.92 Å². The fourth-order valence-corrected chi connectivity index (χ4v) is 2.52. The minimum atomic E-state index is -0.237. The summed E-state index contributed by atoms with van der Waals surface area (Å²) in [6, 6.07) is 10.2. The van der Waals surface area contributed by atoms with Gasteiger partial charge in [0.15, 0.2) is 0 Å². The van der Waals surface area contributed by atoms with Crippen LogP contribution >= 0.6 is 34.8 Å². The van der Waals surface area contributed by atoms with E-state index in [1.54, 1.807) is 24.3 Å². The van der Waals surface area contributed by atoms with E-state index in [0.29, 0.717) is 38.8 Å². The third-order valence-corrected chi connectivity index (χ3v) is 4.09. The Kier molecular flexibility index (Phi) is 7.00. The summed E-state index contributed by atoms with van der Waals surface area (Å²) in [5.41, 5.74) is 2.08. The molecule has 132 valence electrons. The highest BCUT2D eigenvalue weighted by molar-refractivity contribution is 6.44. The van der Waals surface area contributed by atoms with Gasteiger partial charge in [-0.25, -0.2) is 0 Å². The smallest absolute Gasteiger partial charge is 0.243 e. The zero-order valence-electron chi connectivity index (χ0n) is 13.5. The molecule has 0 bridgehead atoms. The predicted molar refractivity (Wildman–Crippen MR) is 105 cm³/mol. The van der Waals surface area contributed by atoms with Gasteiger partial charge in [-0.3, -0.25) is 4.79 Å². The Morgan fingerprint density at radius 1 is 1.12 bits per heavy atom. The Labute approximate surface area is 161 Å². The highest BCUT2D eigenvalue weighted by Crippen LogP contribution is 2.32. The summed E-state index contributed by atoms with van der Waals surface area (Å²) in [7, 11) is 0. The van der Waals surface area contributed by atoms with Crippen LogP contribution in [0.4, 0.5) is 11.4 Å². The number of rotatable bonds is 7. The zero-order valence-corrected chi connectivity index (χ0v) is 15.8. The van der Waals surface area contributed by atoms with Gasteiger partial charge in [-0.2, -0.15) is 0 Å². The lowest BCUT2D eigenvalue weighted by Gasteiger charge is -2.11. The average molecular weight is 400 g/mol. The van der Waals surface area contributed by atoms with Crippen molar-refractivity contribution >= 4 is 52.1 Å². The second kappa shape index (κ2) is 8.99. The van der Waals surface area contributed by atoms with Crippen molar-refractivity contribution in [2.24, 2.45) is 0 Å². The Morgan fingerprint density at radius 2 is 1.84 bits per heavy atom. The topological polar surface area (TPSA) is 50.4 Å². The number of carbonyl (C=O) groups is 1. The van der Waals surface area contributed by atoms with Gasteiger partial charge in [0.05, 0.1) is 27.3 Å². The molecular formula is C18H17Cl3N2O2. The number of nitrogens with one attached hydrogen (secondary N) is 2. The molecule has 2 aromatic rings. The first-order valence-corrected chi connectivity index (χ1v) is 8.54. The maximum atomic E-state index is 12.1. The Morgan fingerprint density at radius 3 is 2.56 bits per heavy atom. The molecule has 0 atom stereocenters. The molecule has 0 saturated heterocycles. The Hall–Kier alpha value is -1.88. The van der Waals surface area contributed by atoms with Gasteiger partial charge < -0.3 is 15.4 Å². The number of anilines is 2. The van der Waals surface area contributed by atoms with E-state index in [0.717, 1.165) is 5.57 Å². The highest BCUT2D eigenvalue weighted by Gasteiger charge is 2.08. The van der Waals surface area contributed by atoms with E-state index in [-0.39, 0.29) is 12.5 Å². The number of halogens is 3. The molecule has 0 saturated carbocycles. The molecule has 0 aliphatic rings. The van der Waals surface area contributed by atoms with Crippen molar-refractivity contribution < 1.29 is 9.53 Å². The van der Waals surface area contributed by atoms with E-state index in [1.165, 1.54) is 6.07 Å².